The summed E-state index contributed by atoms with van der Waals surface area (Å²) in [4.78, 5) is 0. The van der Waals surface area contributed by atoms with Crippen LogP contribution in [0.3, 0.4) is 0 Å². The Morgan fingerprint density at radius 2 is 1.94 bits per heavy atom. The smallest absolute Gasteiger partial charge is 0.125 e. The zero-order valence-electron chi connectivity index (χ0n) is 11.6. The third-order valence-corrected chi connectivity index (χ3v) is 3.92. The van der Waals surface area contributed by atoms with Gasteiger partial charge in [-0.25, -0.2) is 0 Å². The lowest BCUT2D eigenvalue weighted by atomic mass is 10.1. The van der Waals surface area contributed by atoms with E-state index in [4.69, 9.17) is 4.74 Å². The Hall–Kier alpha value is -0.670. The van der Waals surface area contributed by atoms with Crippen LogP contribution in [0.5, 0.6) is 5.75 Å². The van der Waals surface area contributed by atoms with Gasteiger partial charge >= 0.3 is 0 Å². The number of aliphatic hydroxyl groups is 1. The van der Waals surface area contributed by atoms with Crippen molar-refractivity contribution in [2.45, 2.75) is 33.3 Å². The molecule has 1 N–H and O–H groups in total. The van der Waals surface area contributed by atoms with Gasteiger partial charge in [0.1, 0.15) is 5.75 Å². The first-order valence-corrected chi connectivity index (χ1v) is 7.78. The SMILES string of the molecule is CCCOc1ccccc1C(O)CSCC(C)C. The molecule has 0 bridgehead atoms. The number of aliphatic hydroxyl groups excluding tert-OH is 1. The Balaban J connectivity index is 2.57. The second-order valence-corrected chi connectivity index (χ2v) is 5.91. The molecule has 3 heteroatoms. The van der Waals surface area contributed by atoms with Gasteiger partial charge in [-0.05, 0) is 24.2 Å². The third-order valence-electron chi connectivity index (χ3n) is 2.47. The van der Waals surface area contributed by atoms with Gasteiger partial charge in [0.05, 0.1) is 12.7 Å². The normalized spacial score (nSPS) is 12.7. The number of hydrogen-bond acceptors (Lipinski definition) is 3. The van der Waals surface area contributed by atoms with E-state index in [2.05, 4.69) is 20.8 Å². The lowest BCUT2D eigenvalue weighted by molar-refractivity contribution is 0.195. The molecule has 0 amide bonds. The maximum Gasteiger partial charge on any atom is 0.125 e. The molecular weight excluding hydrogens is 244 g/mol. The highest BCUT2D eigenvalue weighted by Crippen LogP contribution is 2.28. The number of ether oxygens (including phenoxy) is 1. The van der Waals surface area contributed by atoms with Crippen LogP contribution in [0.2, 0.25) is 0 Å². The van der Waals surface area contributed by atoms with Crippen molar-refractivity contribution in [3.63, 3.8) is 0 Å². The fourth-order valence-corrected chi connectivity index (χ4v) is 2.61. The van der Waals surface area contributed by atoms with E-state index in [1.54, 1.807) is 11.8 Å². The average molecular weight is 268 g/mol. The summed E-state index contributed by atoms with van der Waals surface area (Å²) < 4.78 is 5.67. The number of thioether (sulfide) groups is 1. The maximum absolute atomic E-state index is 10.2. The summed E-state index contributed by atoms with van der Waals surface area (Å²) in [5.41, 5.74) is 0.905. The summed E-state index contributed by atoms with van der Waals surface area (Å²) in [5, 5.41) is 10.2. The fourth-order valence-electron chi connectivity index (χ4n) is 1.60. The highest BCUT2D eigenvalue weighted by Gasteiger charge is 2.13. The molecule has 0 aliphatic rings. The van der Waals surface area contributed by atoms with E-state index in [1.807, 2.05) is 24.3 Å². The summed E-state index contributed by atoms with van der Waals surface area (Å²) in [6, 6.07) is 7.78. The Labute approximate surface area is 115 Å². The molecule has 1 atom stereocenters. The van der Waals surface area contributed by atoms with E-state index in [0.717, 1.165) is 29.2 Å². The van der Waals surface area contributed by atoms with Crippen LogP contribution in [0.25, 0.3) is 0 Å². The highest BCUT2D eigenvalue weighted by atomic mass is 32.2. The molecule has 0 aromatic heterocycles. The largest absolute Gasteiger partial charge is 0.493 e. The van der Waals surface area contributed by atoms with Gasteiger partial charge < -0.3 is 9.84 Å². The van der Waals surface area contributed by atoms with Crippen LogP contribution >= 0.6 is 11.8 Å². The van der Waals surface area contributed by atoms with Gasteiger partial charge in [0.2, 0.25) is 0 Å². The molecule has 1 aromatic rings. The van der Waals surface area contributed by atoms with Crippen molar-refractivity contribution >= 4 is 11.8 Å². The molecule has 0 spiro atoms. The Morgan fingerprint density at radius 3 is 2.61 bits per heavy atom. The first-order valence-electron chi connectivity index (χ1n) is 6.62. The van der Waals surface area contributed by atoms with Gasteiger partial charge in [-0.3, -0.25) is 0 Å². The van der Waals surface area contributed by atoms with E-state index >= 15 is 0 Å². The number of rotatable bonds is 8. The lowest BCUT2D eigenvalue weighted by Crippen LogP contribution is -2.06. The van der Waals surface area contributed by atoms with Crippen LogP contribution in [0, 0.1) is 5.92 Å². The molecule has 0 aliphatic carbocycles. The van der Waals surface area contributed by atoms with Crippen molar-refractivity contribution in [2.75, 3.05) is 18.1 Å². The standard InChI is InChI=1S/C15H24O2S/c1-4-9-17-15-8-6-5-7-13(15)14(16)11-18-10-12(2)3/h5-8,12,14,16H,4,9-11H2,1-3H3. The van der Waals surface area contributed by atoms with Crippen LogP contribution in [0.4, 0.5) is 0 Å². The molecule has 0 aliphatic heterocycles. The number of para-hydroxylation sites is 1. The zero-order valence-corrected chi connectivity index (χ0v) is 12.4. The van der Waals surface area contributed by atoms with Gasteiger partial charge in [-0.15, -0.1) is 0 Å². The molecule has 18 heavy (non-hydrogen) atoms. The Morgan fingerprint density at radius 1 is 1.22 bits per heavy atom. The quantitative estimate of drug-likeness (QED) is 0.775. The van der Waals surface area contributed by atoms with Gasteiger partial charge in [0.25, 0.3) is 0 Å². The van der Waals surface area contributed by atoms with Crippen LogP contribution in [0.15, 0.2) is 24.3 Å². The van der Waals surface area contributed by atoms with Crippen molar-refractivity contribution in [1.29, 1.82) is 0 Å². The third kappa shape index (κ3) is 5.32. The van der Waals surface area contributed by atoms with E-state index in [1.165, 1.54) is 0 Å². The summed E-state index contributed by atoms with van der Waals surface area (Å²) in [7, 11) is 0. The molecule has 0 fully saturated rings. The minimum Gasteiger partial charge on any atom is -0.493 e. The predicted octanol–water partition coefficient (Wildman–Crippen LogP) is 3.90. The molecule has 0 saturated heterocycles. The van der Waals surface area contributed by atoms with Crippen LogP contribution in [-0.4, -0.2) is 23.2 Å². The first kappa shape index (κ1) is 15.4. The van der Waals surface area contributed by atoms with Gasteiger partial charge in [0, 0.05) is 11.3 Å². The van der Waals surface area contributed by atoms with Crippen LogP contribution in [0.1, 0.15) is 38.9 Å². The van der Waals surface area contributed by atoms with Crippen molar-refractivity contribution < 1.29 is 9.84 Å². The molecule has 1 unspecified atom stereocenters. The van der Waals surface area contributed by atoms with E-state index in [0.29, 0.717) is 12.5 Å². The average Bonchev–Trinajstić information content (AvgIpc) is 2.36. The highest BCUT2D eigenvalue weighted by molar-refractivity contribution is 7.99. The first-order chi connectivity index (χ1) is 8.65. The van der Waals surface area contributed by atoms with Gasteiger partial charge in [0.15, 0.2) is 0 Å². The Kier molecular flexibility index (Phi) is 7.21. The second kappa shape index (κ2) is 8.44. The number of benzene rings is 1. The number of hydrogen-bond donors (Lipinski definition) is 1. The van der Waals surface area contributed by atoms with Crippen LogP contribution in [-0.2, 0) is 0 Å². The zero-order chi connectivity index (χ0) is 13.4. The fraction of sp³-hybridized carbons (Fsp3) is 0.600. The minimum absolute atomic E-state index is 0.443. The van der Waals surface area contributed by atoms with Crippen molar-refractivity contribution in [3.05, 3.63) is 29.8 Å². The maximum atomic E-state index is 10.2. The van der Waals surface area contributed by atoms with Gasteiger partial charge in [-0.2, -0.15) is 11.8 Å². The molecule has 1 aromatic carbocycles. The lowest BCUT2D eigenvalue weighted by Gasteiger charge is -2.16. The minimum atomic E-state index is -0.443. The molecular formula is C15H24O2S. The van der Waals surface area contributed by atoms with Gasteiger partial charge in [-0.1, -0.05) is 39.0 Å². The molecule has 102 valence electrons. The summed E-state index contributed by atoms with van der Waals surface area (Å²) >= 11 is 1.79. The van der Waals surface area contributed by atoms with Crippen molar-refractivity contribution in [3.8, 4) is 5.75 Å². The molecule has 1 rings (SSSR count). The van der Waals surface area contributed by atoms with Crippen molar-refractivity contribution in [2.24, 2.45) is 5.92 Å². The Bertz CT molecular complexity index is 339. The summed E-state index contributed by atoms with van der Waals surface area (Å²) in [6.07, 6.45) is 0.536. The van der Waals surface area contributed by atoms with E-state index in [9.17, 15) is 5.11 Å². The summed E-state index contributed by atoms with van der Waals surface area (Å²) in [5.74, 6) is 3.28. The topological polar surface area (TPSA) is 29.5 Å². The molecule has 2 nitrogen and oxygen atoms in total. The van der Waals surface area contributed by atoms with E-state index < -0.39 is 6.10 Å². The molecule has 0 radical (unpaired) electrons. The van der Waals surface area contributed by atoms with Crippen LogP contribution < -0.4 is 4.74 Å². The van der Waals surface area contributed by atoms with Crippen molar-refractivity contribution in [1.82, 2.24) is 0 Å². The predicted molar refractivity (Wildman–Crippen MR) is 79.4 cm³/mol. The molecule has 0 saturated carbocycles. The van der Waals surface area contributed by atoms with E-state index in [-0.39, 0.29) is 0 Å². The molecule has 0 heterocycles. The monoisotopic (exact) mass is 268 g/mol. The second-order valence-electron chi connectivity index (χ2n) is 4.83. The summed E-state index contributed by atoms with van der Waals surface area (Å²) in [6.45, 7) is 7.16.